The van der Waals surface area contributed by atoms with Crippen molar-refractivity contribution in [1.29, 1.82) is 5.26 Å². The first kappa shape index (κ1) is 17.0. The Kier molecular flexibility index (Phi) is 5.53. The predicted molar refractivity (Wildman–Crippen MR) is 87.9 cm³/mol. The summed E-state index contributed by atoms with van der Waals surface area (Å²) in [7, 11) is 1.35. The number of phenolic OH excluding ortho intramolecular Hbond substituents is 1. The van der Waals surface area contributed by atoms with E-state index in [2.05, 4.69) is 5.32 Å². The number of carbonyl (C=O) groups excluding carboxylic acids is 2. The molecule has 0 saturated carbocycles. The lowest BCUT2D eigenvalue weighted by Gasteiger charge is -2.20. The van der Waals surface area contributed by atoms with Crippen LogP contribution in [0.4, 0.5) is 0 Å². The van der Waals surface area contributed by atoms with Gasteiger partial charge in [0.25, 0.3) is 11.8 Å². The first-order valence-corrected chi connectivity index (χ1v) is 7.32. The fraction of sp³-hybridized carbons (Fsp3) is 0.167. The van der Waals surface area contributed by atoms with Crippen molar-refractivity contribution >= 4 is 11.8 Å². The molecule has 6 nitrogen and oxygen atoms in total. The molecule has 122 valence electrons. The van der Waals surface area contributed by atoms with E-state index in [0.29, 0.717) is 5.56 Å². The number of hydrogen-bond acceptors (Lipinski definition) is 4. The molecule has 0 saturated heterocycles. The highest BCUT2D eigenvalue weighted by molar-refractivity contribution is 5.97. The first-order valence-electron chi connectivity index (χ1n) is 7.32. The van der Waals surface area contributed by atoms with Gasteiger partial charge in [0.1, 0.15) is 11.8 Å². The second-order valence-electron chi connectivity index (χ2n) is 5.26. The molecule has 2 rings (SSSR count). The minimum absolute atomic E-state index is 0.115. The number of nitrogens with one attached hydrogen (secondary N) is 1. The molecule has 0 aliphatic rings. The number of phenols is 1. The van der Waals surface area contributed by atoms with Gasteiger partial charge in [-0.25, -0.2) is 0 Å². The minimum atomic E-state index is -0.883. The van der Waals surface area contributed by atoms with E-state index in [1.165, 1.54) is 19.2 Å². The van der Waals surface area contributed by atoms with Gasteiger partial charge in [-0.3, -0.25) is 14.5 Å². The number of amides is 2. The van der Waals surface area contributed by atoms with Crippen LogP contribution in [-0.4, -0.2) is 34.9 Å². The normalized spacial score (nSPS) is 11.2. The van der Waals surface area contributed by atoms with Gasteiger partial charge < -0.3 is 10.4 Å². The zero-order chi connectivity index (χ0) is 17.5. The molecule has 0 radical (unpaired) electrons. The number of benzene rings is 2. The van der Waals surface area contributed by atoms with Crippen LogP contribution in [0.1, 0.15) is 15.9 Å². The van der Waals surface area contributed by atoms with Crippen molar-refractivity contribution in [2.45, 2.75) is 12.5 Å². The molecule has 0 aliphatic carbocycles. The van der Waals surface area contributed by atoms with Crippen molar-refractivity contribution in [1.82, 2.24) is 10.2 Å². The van der Waals surface area contributed by atoms with E-state index in [1.807, 2.05) is 0 Å². The molecule has 2 amide bonds. The Morgan fingerprint density at radius 2 is 1.79 bits per heavy atom. The first-order chi connectivity index (χ1) is 11.5. The summed E-state index contributed by atoms with van der Waals surface area (Å²) < 4.78 is 0. The lowest BCUT2D eigenvalue weighted by Crippen LogP contribution is -2.47. The van der Waals surface area contributed by atoms with Crippen LogP contribution in [0.2, 0.25) is 0 Å². The van der Waals surface area contributed by atoms with Crippen LogP contribution in [0.25, 0.3) is 0 Å². The highest BCUT2D eigenvalue weighted by Crippen LogP contribution is 2.12. The van der Waals surface area contributed by atoms with Gasteiger partial charge in [-0.2, -0.15) is 5.26 Å². The van der Waals surface area contributed by atoms with Crippen molar-refractivity contribution in [2.24, 2.45) is 0 Å². The van der Waals surface area contributed by atoms with Crippen molar-refractivity contribution in [2.75, 3.05) is 7.05 Å². The van der Waals surface area contributed by atoms with Crippen LogP contribution in [0, 0.1) is 11.5 Å². The SMILES string of the molecule is CN(C#N)C(=O)C(Cc1ccc(O)cc1)NC(=O)c1ccccc1. The highest BCUT2D eigenvalue weighted by atomic mass is 16.3. The van der Waals surface area contributed by atoms with Gasteiger partial charge >= 0.3 is 0 Å². The molecule has 0 bridgehead atoms. The second-order valence-corrected chi connectivity index (χ2v) is 5.26. The van der Waals surface area contributed by atoms with Crippen LogP contribution in [-0.2, 0) is 11.2 Å². The van der Waals surface area contributed by atoms with E-state index >= 15 is 0 Å². The van der Waals surface area contributed by atoms with E-state index in [-0.39, 0.29) is 18.1 Å². The maximum absolute atomic E-state index is 12.4. The average Bonchev–Trinajstić information content (AvgIpc) is 2.62. The second kappa shape index (κ2) is 7.79. The molecular formula is C18H17N3O3. The van der Waals surface area contributed by atoms with E-state index in [9.17, 15) is 14.7 Å². The smallest absolute Gasteiger partial charge is 0.258 e. The van der Waals surface area contributed by atoms with Gasteiger partial charge in [-0.05, 0) is 29.8 Å². The molecule has 2 aromatic carbocycles. The molecule has 6 heteroatoms. The molecule has 0 fully saturated rings. The standard InChI is InChI=1S/C18H17N3O3/c1-21(12-19)18(24)16(11-13-7-9-15(22)10-8-13)20-17(23)14-5-3-2-4-6-14/h2-10,16,22H,11H2,1H3,(H,20,23). The summed E-state index contributed by atoms with van der Waals surface area (Å²) in [6, 6.07) is 14.0. The minimum Gasteiger partial charge on any atom is -0.508 e. The Morgan fingerprint density at radius 1 is 1.17 bits per heavy atom. The Balaban J connectivity index is 2.19. The molecular weight excluding hydrogens is 306 g/mol. The Labute approximate surface area is 139 Å². The number of carbonyl (C=O) groups is 2. The molecule has 2 N–H and O–H groups in total. The lowest BCUT2D eigenvalue weighted by atomic mass is 10.0. The number of likely N-dealkylation sites (N-methyl/N-ethyl adjacent to an activating group) is 1. The third kappa shape index (κ3) is 4.34. The third-order valence-corrected chi connectivity index (χ3v) is 3.50. The van der Waals surface area contributed by atoms with Crippen LogP contribution in [0.15, 0.2) is 54.6 Å². The number of nitriles is 1. The molecule has 2 aromatic rings. The Hall–Kier alpha value is -3.33. The topological polar surface area (TPSA) is 93.4 Å². The molecule has 0 heterocycles. The fourth-order valence-electron chi connectivity index (χ4n) is 2.18. The van der Waals surface area contributed by atoms with Crippen molar-refractivity contribution in [3.8, 4) is 11.9 Å². The molecule has 0 spiro atoms. The van der Waals surface area contributed by atoms with E-state index in [1.54, 1.807) is 48.7 Å². The summed E-state index contributed by atoms with van der Waals surface area (Å²) in [4.78, 5) is 25.5. The van der Waals surface area contributed by atoms with Crippen molar-refractivity contribution < 1.29 is 14.7 Å². The van der Waals surface area contributed by atoms with Crippen LogP contribution < -0.4 is 5.32 Å². The largest absolute Gasteiger partial charge is 0.508 e. The van der Waals surface area contributed by atoms with Crippen molar-refractivity contribution in [3.05, 3.63) is 65.7 Å². The molecule has 1 unspecified atom stereocenters. The van der Waals surface area contributed by atoms with Crippen molar-refractivity contribution in [3.63, 3.8) is 0 Å². The Morgan fingerprint density at radius 3 is 2.38 bits per heavy atom. The molecule has 24 heavy (non-hydrogen) atoms. The quantitative estimate of drug-likeness (QED) is 0.646. The lowest BCUT2D eigenvalue weighted by molar-refractivity contribution is -0.129. The summed E-state index contributed by atoms with van der Waals surface area (Å²) >= 11 is 0. The number of rotatable bonds is 5. The average molecular weight is 323 g/mol. The fourth-order valence-corrected chi connectivity index (χ4v) is 2.18. The zero-order valence-corrected chi connectivity index (χ0v) is 13.1. The Bertz CT molecular complexity index is 751. The summed E-state index contributed by atoms with van der Waals surface area (Å²) in [6.45, 7) is 0. The number of nitrogens with zero attached hydrogens (tertiary/aromatic N) is 2. The van der Waals surface area contributed by atoms with E-state index in [0.717, 1.165) is 10.5 Å². The maximum atomic E-state index is 12.4. The van der Waals surface area contributed by atoms with E-state index in [4.69, 9.17) is 5.26 Å². The summed E-state index contributed by atoms with van der Waals surface area (Å²) in [5.41, 5.74) is 1.19. The van der Waals surface area contributed by atoms with Gasteiger partial charge in [0.15, 0.2) is 6.19 Å². The predicted octanol–water partition coefficient (Wildman–Crippen LogP) is 1.67. The van der Waals surface area contributed by atoms with Gasteiger partial charge in [-0.15, -0.1) is 0 Å². The molecule has 1 atom stereocenters. The summed E-state index contributed by atoms with van der Waals surface area (Å²) in [5.74, 6) is -0.780. The third-order valence-electron chi connectivity index (χ3n) is 3.50. The monoisotopic (exact) mass is 323 g/mol. The molecule has 0 aliphatic heterocycles. The molecule has 0 aromatic heterocycles. The highest BCUT2D eigenvalue weighted by Gasteiger charge is 2.25. The number of hydrogen-bond donors (Lipinski definition) is 2. The van der Waals surface area contributed by atoms with Crippen LogP contribution in [0.3, 0.4) is 0 Å². The number of aromatic hydroxyl groups is 1. The van der Waals surface area contributed by atoms with Gasteiger partial charge in [0.05, 0.1) is 0 Å². The summed E-state index contributed by atoms with van der Waals surface area (Å²) in [5, 5.41) is 20.9. The summed E-state index contributed by atoms with van der Waals surface area (Å²) in [6.07, 6.45) is 1.96. The van der Waals surface area contributed by atoms with E-state index < -0.39 is 11.9 Å². The van der Waals surface area contributed by atoms with Gasteiger partial charge in [0, 0.05) is 19.0 Å². The maximum Gasteiger partial charge on any atom is 0.258 e. The zero-order valence-electron chi connectivity index (χ0n) is 13.1. The van der Waals surface area contributed by atoms with Gasteiger partial charge in [0.2, 0.25) is 0 Å². The van der Waals surface area contributed by atoms with Crippen LogP contribution in [0.5, 0.6) is 5.75 Å². The van der Waals surface area contributed by atoms with Crippen LogP contribution >= 0.6 is 0 Å². The van der Waals surface area contributed by atoms with Gasteiger partial charge in [-0.1, -0.05) is 30.3 Å².